The summed E-state index contributed by atoms with van der Waals surface area (Å²) in [6.07, 6.45) is 0. The van der Waals surface area contributed by atoms with Gasteiger partial charge in [0.25, 0.3) is 0 Å². The van der Waals surface area contributed by atoms with Crippen molar-refractivity contribution in [2.24, 2.45) is 0 Å². The highest BCUT2D eigenvalue weighted by atomic mass is 79.9. The summed E-state index contributed by atoms with van der Waals surface area (Å²) in [4.78, 5) is 0. The number of halogens is 2. The molecular weight excluding hydrogens is 386 g/mol. The van der Waals surface area contributed by atoms with Gasteiger partial charge in [-0.2, -0.15) is 0 Å². The molecule has 0 aliphatic carbocycles. The summed E-state index contributed by atoms with van der Waals surface area (Å²) in [5.41, 5.74) is 3.26. The number of benzene rings is 2. The molecule has 0 amide bonds. The van der Waals surface area contributed by atoms with Gasteiger partial charge in [-0.05, 0) is 58.2 Å². The number of methoxy groups -OCH3 is 1. The molecule has 0 aliphatic heterocycles. The summed E-state index contributed by atoms with van der Waals surface area (Å²) in [6, 6.07) is 9.73. The number of rotatable bonds is 4. The molecule has 0 saturated carbocycles. The lowest BCUT2D eigenvalue weighted by molar-refractivity contribution is 0.371. The average molecular weight is 401 g/mol. The molecule has 5 heteroatoms. The van der Waals surface area contributed by atoms with Crippen LogP contribution in [0.5, 0.6) is 11.5 Å². The van der Waals surface area contributed by atoms with Crippen molar-refractivity contribution >= 4 is 37.5 Å². The molecule has 0 atom stereocenters. The van der Waals surface area contributed by atoms with Gasteiger partial charge in [-0.25, -0.2) is 0 Å². The number of nitrogens with one attached hydrogen (secondary N) is 1. The van der Waals surface area contributed by atoms with Crippen LogP contribution >= 0.6 is 31.9 Å². The largest absolute Gasteiger partial charge is 0.503 e. The molecular formula is C15H15Br2NO2. The van der Waals surface area contributed by atoms with Crippen LogP contribution in [0.15, 0.2) is 39.3 Å². The van der Waals surface area contributed by atoms with E-state index < -0.39 is 0 Å². The number of anilines is 1. The molecule has 2 rings (SSSR count). The summed E-state index contributed by atoms with van der Waals surface area (Å²) in [6.45, 7) is 2.70. The van der Waals surface area contributed by atoms with Gasteiger partial charge in [-0.15, -0.1) is 0 Å². The van der Waals surface area contributed by atoms with E-state index in [1.165, 1.54) is 7.11 Å². The third-order valence-electron chi connectivity index (χ3n) is 3.06. The van der Waals surface area contributed by atoms with E-state index in [0.29, 0.717) is 16.8 Å². The first-order valence-electron chi connectivity index (χ1n) is 6.07. The Labute approximate surface area is 135 Å². The smallest absolute Gasteiger partial charge is 0.172 e. The van der Waals surface area contributed by atoms with Crippen LogP contribution in [0.4, 0.5) is 5.69 Å². The van der Waals surface area contributed by atoms with Crippen molar-refractivity contribution in [1.82, 2.24) is 0 Å². The number of hydrogen-bond acceptors (Lipinski definition) is 3. The van der Waals surface area contributed by atoms with E-state index >= 15 is 0 Å². The molecule has 0 saturated heterocycles. The molecule has 0 aromatic heterocycles. The Kier molecular flexibility index (Phi) is 4.94. The summed E-state index contributed by atoms with van der Waals surface area (Å²) in [5.74, 6) is 0.581. The normalized spacial score (nSPS) is 10.4. The van der Waals surface area contributed by atoms with E-state index in [1.54, 1.807) is 0 Å². The first kappa shape index (κ1) is 15.2. The molecule has 2 aromatic rings. The molecule has 106 valence electrons. The third kappa shape index (κ3) is 3.27. The van der Waals surface area contributed by atoms with Crippen LogP contribution in [0, 0.1) is 6.92 Å². The second-order valence-electron chi connectivity index (χ2n) is 4.39. The van der Waals surface area contributed by atoms with Crippen molar-refractivity contribution in [3.05, 3.63) is 50.4 Å². The van der Waals surface area contributed by atoms with Gasteiger partial charge < -0.3 is 15.2 Å². The number of ether oxygens (including phenoxy) is 1. The average Bonchev–Trinajstić information content (AvgIpc) is 2.44. The zero-order valence-electron chi connectivity index (χ0n) is 11.2. The predicted octanol–water partition coefficient (Wildman–Crippen LogP) is 4.85. The SMILES string of the molecule is COc1cc(CNc2cccc(Br)c2C)cc(Br)c1O. The van der Waals surface area contributed by atoms with Gasteiger partial charge in [0, 0.05) is 16.7 Å². The highest BCUT2D eigenvalue weighted by molar-refractivity contribution is 9.10. The topological polar surface area (TPSA) is 41.5 Å². The molecule has 0 aliphatic rings. The minimum Gasteiger partial charge on any atom is -0.503 e. The number of phenols is 1. The first-order chi connectivity index (χ1) is 9.52. The Hall–Kier alpha value is -1.20. The summed E-state index contributed by atoms with van der Waals surface area (Å²) in [7, 11) is 1.54. The standard InChI is InChI=1S/C15H15Br2NO2/c1-9-11(16)4-3-5-13(9)18-8-10-6-12(17)15(19)14(7-10)20-2/h3-7,18-19H,8H2,1-2H3. The molecule has 0 heterocycles. The van der Waals surface area contributed by atoms with E-state index in [4.69, 9.17) is 4.74 Å². The van der Waals surface area contributed by atoms with Crippen molar-refractivity contribution in [2.75, 3.05) is 12.4 Å². The molecule has 2 aromatic carbocycles. The van der Waals surface area contributed by atoms with Gasteiger partial charge in [-0.1, -0.05) is 22.0 Å². The molecule has 0 spiro atoms. The summed E-state index contributed by atoms with van der Waals surface area (Å²) in [5, 5.41) is 13.2. The van der Waals surface area contributed by atoms with Crippen molar-refractivity contribution in [2.45, 2.75) is 13.5 Å². The summed E-state index contributed by atoms with van der Waals surface area (Å²) < 4.78 is 6.85. The van der Waals surface area contributed by atoms with Crippen molar-refractivity contribution in [1.29, 1.82) is 0 Å². The lowest BCUT2D eigenvalue weighted by Crippen LogP contribution is -2.02. The number of aromatic hydroxyl groups is 1. The van der Waals surface area contributed by atoms with E-state index in [-0.39, 0.29) is 5.75 Å². The molecule has 0 radical (unpaired) electrons. The summed E-state index contributed by atoms with van der Waals surface area (Å²) >= 11 is 6.84. The van der Waals surface area contributed by atoms with Gasteiger partial charge in [0.15, 0.2) is 11.5 Å². The minimum absolute atomic E-state index is 0.120. The maximum absolute atomic E-state index is 9.79. The monoisotopic (exact) mass is 399 g/mol. The van der Waals surface area contributed by atoms with Gasteiger partial charge in [0.1, 0.15) is 0 Å². The minimum atomic E-state index is 0.120. The molecule has 0 fully saturated rings. The fourth-order valence-corrected chi connectivity index (χ4v) is 2.74. The maximum atomic E-state index is 9.79. The van der Waals surface area contributed by atoms with Crippen LogP contribution in [-0.2, 0) is 6.54 Å². The van der Waals surface area contributed by atoms with Gasteiger partial charge in [0.05, 0.1) is 11.6 Å². The Morgan fingerprint density at radius 3 is 2.65 bits per heavy atom. The van der Waals surface area contributed by atoms with Crippen LogP contribution in [0.25, 0.3) is 0 Å². The molecule has 20 heavy (non-hydrogen) atoms. The van der Waals surface area contributed by atoms with Crippen LogP contribution < -0.4 is 10.1 Å². The Balaban J connectivity index is 2.19. The Morgan fingerprint density at radius 1 is 1.20 bits per heavy atom. The van der Waals surface area contributed by atoms with Gasteiger partial charge in [0.2, 0.25) is 0 Å². The van der Waals surface area contributed by atoms with Crippen LogP contribution in [-0.4, -0.2) is 12.2 Å². The number of hydrogen-bond donors (Lipinski definition) is 2. The quantitative estimate of drug-likeness (QED) is 0.770. The number of phenolic OH excluding ortho intramolecular Hbond substituents is 1. The first-order valence-corrected chi connectivity index (χ1v) is 7.66. The van der Waals surface area contributed by atoms with Crippen molar-refractivity contribution in [3.8, 4) is 11.5 Å². The maximum Gasteiger partial charge on any atom is 0.172 e. The Bertz CT molecular complexity index is 630. The fourth-order valence-electron chi connectivity index (χ4n) is 1.88. The second-order valence-corrected chi connectivity index (χ2v) is 6.10. The zero-order valence-corrected chi connectivity index (χ0v) is 14.4. The highest BCUT2D eigenvalue weighted by Crippen LogP contribution is 2.35. The van der Waals surface area contributed by atoms with E-state index in [1.807, 2.05) is 30.3 Å². The lowest BCUT2D eigenvalue weighted by Gasteiger charge is -2.13. The van der Waals surface area contributed by atoms with E-state index in [2.05, 4.69) is 44.1 Å². The van der Waals surface area contributed by atoms with Crippen LogP contribution in [0.3, 0.4) is 0 Å². The van der Waals surface area contributed by atoms with Crippen LogP contribution in [0.2, 0.25) is 0 Å². The highest BCUT2D eigenvalue weighted by Gasteiger charge is 2.09. The van der Waals surface area contributed by atoms with E-state index in [9.17, 15) is 5.11 Å². The molecule has 0 unspecified atom stereocenters. The lowest BCUT2D eigenvalue weighted by atomic mass is 10.1. The van der Waals surface area contributed by atoms with Gasteiger partial charge >= 0.3 is 0 Å². The second kappa shape index (κ2) is 6.50. The van der Waals surface area contributed by atoms with Crippen molar-refractivity contribution < 1.29 is 9.84 Å². The fraction of sp³-hybridized carbons (Fsp3) is 0.200. The van der Waals surface area contributed by atoms with E-state index in [0.717, 1.165) is 21.3 Å². The third-order valence-corrected chi connectivity index (χ3v) is 4.52. The van der Waals surface area contributed by atoms with Gasteiger partial charge in [-0.3, -0.25) is 0 Å². The molecule has 0 bridgehead atoms. The molecule has 2 N–H and O–H groups in total. The predicted molar refractivity (Wildman–Crippen MR) is 88.6 cm³/mol. The van der Waals surface area contributed by atoms with Crippen LogP contribution in [0.1, 0.15) is 11.1 Å². The van der Waals surface area contributed by atoms with Crippen molar-refractivity contribution in [3.63, 3.8) is 0 Å². The zero-order chi connectivity index (χ0) is 14.7. The Morgan fingerprint density at radius 2 is 1.95 bits per heavy atom. The molecule has 3 nitrogen and oxygen atoms in total.